The summed E-state index contributed by atoms with van der Waals surface area (Å²) >= 11 is 0. The van der Waals surface area contributed by atoms with Gasteiger partial charge in [0.1, 0.15) is 0 Å². The van der Waals surface area contributed by atoms with Gasteiger partial charge in [0.25, 0.3) is 0 Å². The molecule has 0 heterocycles. The zero-order chi connectivity index (χ0) is 21.9. The third-order valence-corrected chi connectivity index (χ3v) is 4.79. The van der Waals surface area contributed by atoms with Crippen LogP contribution < -0.4 is 9.47 Å². The molecule has 0 aliphatic heterocycles. The lowest BCUT2D eigenvalue weighted by Gasteiger charge is -2.21. The number of esters is 2. The first-order chi connectivity index (χ1) is 14.1. The zero-order valence-corrected chi connectivity index (χ0v) is 18.0. The summed E-state index contributed by atoms with van der Waals surface area (Å²) in [6, 6.07) is 19.5. The molecule has 3 aromatic rings. The van der Waals surface area contributed by atoms with E-state index in [0.717, 1.165) is 16.7 Å². The van der Waals surface area contributed by atoms with Gasteiger partial charge >= 0.3 is 11.9 Å². The van der Waals surface area contributed by atoms with Gasteiger partial charge in [-0.25, -0.2) is 9.59 Å². The van der Waals surface area contributed by atoms with Crippen LogP contribution in [-0.2, 0) is 5.41 Å². The summed E-state index contributed by atoms with van der Waals surface area (Å²) in [7, 11) is 0. The maximum absolute atomic E-state index is 12.7. The van der Waals surface area contributed by atoms with E-state index in [-0.39, 0.29) is 16.9 Å². The average Bonchev–Trinajstić information content (AvgIpc) is 2.69. The Bertz CT molecular complexity index is 1060. The van der Waals surface area contributed by atoms with Crippen molar-refractivity contribution < 1.29 is 19.1 Å². The summed E-state index contributed by atoms with van der Waals surface area (Å²) in [5.41, 5.74) is 3.76. The fourth-order valence-electron chi connectivity index (χ4n) is 2.84. The van der Waals surface area contributed by atoms with E-state index in [9.17, 15) is 9.59 Å². The molecule has 0 spiro atoms. The van der Waals surface area contributed by atoms with Crippen LogP contribution in [0.1, 0.15) is 58.2 Å². The molecule has 3 rings (SSSR count). The largest absolute Gasteiger partial charge is 0.419 e. The predicted octanol–water partition coefficient (Wildman–Crippen LogP) is 6.04. The van der Waals surface area contributed by atoms with Crippen LogP contribution in [-0.4, -0.2) is 11.9 Å². The molecule has 4 nitrogen and oxygen atoms in total. The highest BCUT2D eigenvalue weighted by molar-refractivity contribution is 5.93. The third-order valence-electron chi connectivity index (χ3n) is 4.79. The number of rotatable bonds is 4. The molecule has 0 N–H and O–H groups in total. The Morgan fingerprint density at radius 2 is 1.07 bits per heavy atom. The molecule has 0 aliphatic rings. The van der Waals surface area contributed by atoms with E-state index in [1.54, 1.807) is 36.4 Å². The minimum absolute atomic E-state index is 0.162. The quantitative estimate of drug-likeness (QED) is 0.394. The molecule has 0 unspecified atom stereocenters. The number of carbonyl (C=O) groups is 2. The average molecular weight is 402 g/mol. The van der Waals surface area contributed by atoms with Crippen molar-refractivity contribution in [3.05, 3.63) is 94.5 Å². The molecular weight excluding hydrogens is 376 g/mol. The van der Waals surface area contributed by atoms with Crippen LogP contribution >= 0.6 is 0 Å². The van der Waals surface area contributed by atoms with E-state index in [1.807, 2.05) is 44.2 Å². The molecule has 4 heteroatoms. The van der Waals surface area contributed by atoms with Crippen LogP contribution in [0.2, 0.25) is 0 Å². The summed E-state index contributed by atoms with van der Waals surface area (Å²) < 4.78 is 11.2. The summed E-state index contributed by atoms with van der Waals surface area (Å²) in [5.74, 6) is -0.595. The first-order valence-corrected chi connectivity index (χ1v) is 9.86. The maximum atomic E-state index is 12.7. The van der Waals surface area contributed by atoms with Gasteiger partial charge in [0.15, 0.2) is 11.5 Å². The Kier molecular flexibility index (Phi) is 6.06. The molecule has 30 heavy (non-hydrogen) atoms. The van der Waals surface area contributed by atoms with Gasteiger partial charge in [0, 0.05) is 0 Å². The number of hydrogen-bond acceptors (Lipinski definition) is 4. The fourth-order valence-corrected chi connectivity index (χ4v) is 2.84. The molecule has 0 aliphatic carbocycles. The second-order valence-corrected chi connectivity index (χ2v) is 8.42. The Hall–Kier alpha value is -3.40. The summed E-state index contributed by atoms with van der Waals surface area (Å²) in [5, 5.41) is 0. The van der Waals surface area contributed by atoms with Gasteiger partial charge in [-0.3, -0.25) is 0 Å². The number of aryl methyl sites for hydroxylation is 2. The molecular formula is C26H26O4. The molecule has 0 bridgehead atoms. The molecule has 0 fully saturated rings. The molecule has 0 atom stereocenters. The monoisotopic (exact) mass is 402 g/mol. The topological polar surface area (TPSA) is 52.6 Å². The van der Waals surface area contributed by atoms with Crippen LogP contribution in [0.5, 0.6) is 11.5 Å². The van der Waals surface area contributed by atoms with Crippen molar-refractivity contribution in [2.45, 2.75) is 40.0 Å². The van der Waals surface area contributed by atoms with E-state index in [0.29, 0.717) is 11.1 Å². The smallest absolute Gasteiger partial charge is 0.343 e. The van der Waals surface area contributed by atoms with E-state index < -0.39 is 11.9 Å². The van der Waals surface area contributed by atoms with Crippen molar-refractivity contribution >= 4 is 11.9 Å². The molecule has 0 radical (unpaired) electrons. The lowest BCUT2D eigenvalue weighted by atomic mass is 9.87. The zero-order valence-electron chi connectivity index (χ0n) is 18.0. The lowest BCUT2D eigenvalue weighted by molar-refractivity contribution is 0.0682. The SMILES string of the molecule is Cc1ccc(C(=O)Oc2ccc(C(C)(C)C)cc2OC(=O)c2ccc(C)cc2)cc1. The molecule has 0 aromatic heterocycles. The van der Waals surface area contributed by atoms with Crippen molar-refractivity contribution in [2.24, 2.45) is 0 Å². The van der Waals surface area contributed by atoms with Gasteiger partial charge < -0.3 is 9.47 Å². The Labute approximate surface area is 177 Å². The van der Waals surface area contributed by atoms with Crippen molar-refractivity contribution in [3.8, 4) is 11.5 Å². The Morgan fingerprint density at radius 1 is 0.633 bits per heavy atom. The van der Waals surface area contributed by atoms with Crippen LogP contribution in [0.25, 0.3) is 0 Å². The first-order valence-electron chi connectivity index (χ1n) is 9.86. The van der Waals surface area contributed by atoms with Gasteiger partial charge in [0.05, 0.1) is 11.1 Å². The molecule has 0 amide bonds. The highest BCUT2D eigenvalue weighted by Gasteiger charge is 2.21. The summed E-state index contributed by atoms with van der Waals surface area (Å²) in [6.45, 7) is 10.1. The second kappa shape index (κ2) is 8.54. The van der Waals surface area contributed by atoms with Crippen molar-refractivity contribution in [2.75, 3.05) is 0 Å². The van der Waals surface area contributed by atoms with Crippen LogP contribution in [0.15, 0.2) is 66.7 Å². The Balaban J connectivity index is 1.91. The third kappa shape index (κ3) is 5.15. The fraction of sp³-hybridized carbons (Fsp3) is 0.231. The summed E-state index contributed by atoms with van der Waals surface area (Å²) in [6.07, 6.45) is 0. The number of ether oxygens (including phenoxy) is 2. The van der Waals surface area contributed by atoms with Gasteiger partial charge in [-0.1, -0.05) is 62.2 Å². The summed E-state index contributed by atoms with van der Waals surface area (Å²) in [4.78, 5) is 25.3. The van der Waals surface area contributed by atoms with E-state index in [1.165, 1.54) is 0 Å². The maximum Gasteiger partial charge on any atom is 0.343 e. The normalized spacial score (nSPS) is 11.1. The number of hydrogen-bond donors (Lipinski definition) is 0. The van der Waals surface area contributed by atoms with Gasteiger partial charge in [-0.05, 0) is 61.2 Å². The standard InChI is InChI=1S/C26H26O4/c1-17-6-10-19(11-7-17)24(27)29-22-15-14-21(26(3,4)5)16-23(22)30-25(28)20-12-8-18(2)9-13-20/h6-16H,1-5H3. The van der Waals surface area contributed by atoms with Crippen LogP contribution in [0.4, 0.5) is 0 Å². The van der Waals surface area contributed by atoms with Crippen LogP contribution in [0, 0.1) is 13.8 Å². The highest BCUT2D eigenvalue weighted by Crippen LogP contribution is 2.34. The molecule has 154 valence electrons. The Morgan fingerprint density at radius 3 is 1.50 bits per heavy atom. The highest BCUT2D eigenvalue weighted by atomic mass is 16.6. The van der Waals surface area contributed by atoms with Gasteiger partial charge in [-0.15, -0.1) is 0 Å². The molecule has 3 aromatic carbocycles. The lowest BCUT2D eigenvalue weighted by Crippen LogP contribution is -2.15. The first kappa shape index (κ1) is 21.3. The van der Waals surface area contributed by atoms with Crippen molar-refractivity contribution in [1.82, 2.24) is 0 Å². The number of benzene rings is 3. The van der Waals surface area contributed by atoms with Gasteiger partial charge in [-0.2, -0.15) is 0 Å². The molecule has 0 saturated heterocycles. The minimum Gasteiger partial charge on any atom is -0.419 e. The van der Waals surface area contributed by atoms with E-state index >= 15 is 0 Å². The second-order valence-electron chi connectivity index (χ2n) is 8.42. The van der Waals surface area contributed by atoms with Gasteiger partial charge in [0.2, 0.25) is 0 Å². The van der Waals surface area contributed by atoms with E-state index in [4.69, 9.17) is 9.47 Å². The molecule has 0 saturated carbocycles. The van der Waals surface area contributed by atoms with Crippen molar-refractivity contribution in [3.63, 3.8) is 0 Å². The predicted molar refractivity (Wildman–Crippen MR) is 117 cm³/mol. The van der Waals surface area contributed by atoms with Crippen molar-refractivity contribution in [1.29, 1.82) is 0 Å². The van der Waals surface area contributed by atoms with E-state index in [2.05, 4.69) is 20.8 Å². The van der Waals surface area contributed by atoms with Crippen LogP contribution in [0.3, 0.4) is 0 Å². The minimum atomic E-state index is -0.508. The number of carbonyl (C=O) groups excluding carboxylic acids is 2.